The number of aliphatic hydroxyl groups excluding tert-OH is 1. The smallest absolute Gasteiger partial charge is 0.179 e. The van der Waals surface area contributed by atoms with Crippen molar-refractivity contribution in [1.29, 1.82) is 0 Å². The van der Waals surface area contributed by atoms with E-state index >= 15 is 0 Å². The van der Waals surface area contributed by atoms with Crippen molar-refractivity contribution in [3.05, 3.63) is 84.1 Å². The monoisotopic (exact) mass is 367 g/mol. The van der Waals surface area contributed by atoms with E-state index in [1.165, 1.54) is 0 Å². The van der Waals surface area contributed by atoms with E-state index in [-0.39, 0.29) is 6.61 Å². The average molecular weight is 367 g/mol. The Morgan fingerprint density at radius 2 is 1.75 bits per heavy atom. The lowest BCUT2D eigenvalue weighted by Gasteiger charge is -2.07. The molecule has 6 nitrogen and oxygen atoms in total. The third kappa shape index (κ3) is 2.90. The van der Waals surface area contributed by atoms with Crippen molar-refractivity contribution in [2.45, 2.75) is 13.2 Å². The van der Waals surface area contributed by atoms with E-state index in [2.05, 4.69) is 33.5 Å². The van der Waals surface area contributed by atoms with Gasteiger partial charge in [-0.3, -0.25) is 4.98 Å². The van der Waals surface area contributed by atoms with E-state index in [1.807, 2.05) is 53.2 Å². The Kier molecular flexibility index (Phi) is 4.03. The number of rotatable bonds is 4. The molecule has 3 aromatic heterocycles. The highest BCUT2D eigenvalue weighted by Gasteiger charge is 2.11. The van der Waals surface area contributed by atoms with Gasteiger partial charge in [-0.1, -0.05) is 53.7 Å². The fraction of sp³-hybridized carbons (Fsp3) is 0.0909. The van der Waals surface area contributed by atoms with Gasteiger partial charge in [-0.2, -0.15) is 0 Å². The number of hydrogen-bond acceptors (Lipinski definition) is 5. The molecule has 136 valence electrons. The number of benzene rings is 2. The summed E-state index contributed by atoms with van der Waals surface area (Å²) in [7, 11) is 0. The van der Waals surface area contributed by atoms with Gasteiger partial charge in [-0.05, 0) is 29.3 Å². The minimum atomic E-state index is 0.0303. The summed E-state index contributed by atoms with van der Waals surface area (Å²) in [4.78, 5) is 9.31. The lowest BCUT2D eigenvalue weighted by Crippen LogP contribution is -2.04. The number of aliphatic hydroxyl groups is 1. The zero-order valence-corrected chi connectivity index (χ0v) is 15.0. The highest BCUT2D eigenvalue weighted by molar-refractivity contribution is 5.82. The lowest BCUT2D eigenvalue weighted by atomic mass is 10.1. The molecular formula is C22H17N5O. The van der Waals surface area contributed by atoms with Crippen LogP contribution in [0.15, 0.2) is 72.9 Å². The normalized spacial score (nSPS) is 11.3. The van der Waals surface area contributed by atoms with E-state index in [0.29, 0.717) is 6.54 Å². The van der Waals surface area contributed by atoms with E-state index in [4.69, 9.17) is 4.98 Å². The van der Waals surface area contributed by atoms with Gasteiger partial charge in [0, 0.05) is 17.1 Å². The summed E-state index contributed by atoms with van der Waals surface area (Å²) in [6.45, 7) is 0.577. The van der Waals surface area contributed by atoms with Gasteiger partial charge in [-0.15, -0.1) is 5.10 Å². The van der Waals surface area contributed by atoms with Gasteiger partial charge < -0.3 is 5.11 Å². The molecule has 0 fully saturated rings. The van der Waals surface area contributed by atoms with Gasteiger partial charge in [-0.25, -0.2) is 9.67 Å². The van der Waals surface area contributed by atoms with Crippen LogP contribution in [-0.4, -0.2) is 30.1 Å². The average Bonchev–Trinajstić information content (AvgIpc) is 3.16. The number of nitrogens with zero attached hydrogens (tertiary/aromatic N) is 5. The van der Waals surface area contributed by atoms with E-state index in [9.17, 15) is 5.11 Å². The molecule has 0 aliphatic heterocycles. The number of hydrogen-bond donors (Lipinski definition) is 1. The van der Waals surface area contributed by atoms with Crippen LogP contribution in [0.3, 0.4) is 0 Å². The highest BCUT2D eigenvalue weighted by Crippen LogP contribution is 2.22. The highest BCUT2D eigenvalue weighted by atomic mass is 16.3. The first kappa shape index (κ1) is 16.5. The minimum Gasteiger partial charge on any atom is -0.392 e. The summed E-state index contributed by atoms with van der Waals surface area (Å²) in [6, 6.07) is 21.7. The van der Waals surface area contributed by atoms with Gasteiger partial charge in [0.15, 0.2) is 5.65 Å². The minimum absolute atomic E-state index is 0.0303. The molecule has 0 aliphatic carbocycles. The molecule has 0 bridgehead atoms. The Labute approximate surface area is 161 Å². The fourth-order valence-electron chi connectivity index (χ4n) is 3.36. The van der Waals surface area contributed by atoms with Crippen LogP contribution in [0.4, 0.5) is 0 Å². The van der Waals surface area contributed by atoms with Crippen LogP contribution in [0, 0.1) is 0 Å². The summed E-state index contributed by atoms with van der Waals surface area (Å²) < 4.78 is 1.81. The first-order valence-electron chi connectivity index (χ1n) is 9.05. The number of aromatic nitrogens is 5. The van der Waals surface area contributed by atoms with E-state index < -0.39 is 0 Å². The maximum atomic E-state index is 9.22. The fourth-order valence-corrected chi connectivity index (χ4v) is 3.36. The molecule has 0 atom stereocenters. The zero-order chi connectivity index (χ0) is 18.9. The molecular weight excluding hydrogens is 350 g/mol. The van der Waals surface area contributed by atoms with Gasteiger partial charge in [0.25, 0.3) is 0 Å². The molecule has 0 radical (unpaired) electrons. The second kappa shape index (κ2) is 6.83. The standard InChI is InChI=1S/C22H17N5O/c28-14-15-6-8-16(9-7-15)19-10-11-20-22(24-19)27(26-25-20)13-18-4-1-3-17-5-2-12-23-21(17)18/h1-12,28H,13-14H2. The third-order valence-electron chi connectivity index (χ3n) is 4.83. The van der Waals surface area contributed by atoms with Crippen LogP contribution in [0.25, 0.3) is 33.3 Å². The molecule has 2 aromatic carbocycles. The number of pyridine rings is 2. The van der Waals surface area contributed by atoms with Gasteiger partial charge >= 0.3 is 0 Å². The van der Waals surface area contributed by atoms with Gasteiger partial charge in [0.1, 0.15) is 5.52 Å². The second-order valence-corrected chi connectivity index (χ2v) is 6.63. The maximum absolute atomic E-state index is 9.22. The van der Waals surface area contributed by atoms with Crippen molar-refractivity contribution < 1.29 is 5.11 Å². The predicted molar refractivity (Wildman–Crippen MR) is 108 cm³/mol. The Morgan fingerprint density at radius 3 is 2.61 bits per heavy atom. The van der Waals surface area contributed by atoms with Crippen LogP contribution < -0.4 is 0 Å². The Balaban J connectivity index is 1.56. The molecule has 6 heteroatoms. The molecule has 3 heterocycles. The quantitative estimate of drug-likeness (QED) is 0.525. The number of para-hydroxylation sites is 1. The lowest BCUT2D eigenvalue weighted by molar-refractivity contribution is 0.282. The molecule has 28 heavy (non-hydrogen) atoms. The largest absolute Gasteiger partial charge is 0.392 e. The molecule has 1 N–H and O–H groups in total. The van der Waals surface area contributed by atoms with E-state index in [1.54, 1.807) is 6.20 Å². The number of fused-ring (bicyclic) bond motifs is 2. The molecule has 5 rings (SSSR count). The second-order valence-electron chi connectivity index (χ2n) is 6.63. The third-order valence-corrected chi connectivity index (χ3v) is 4.83. The predicted octanol–water partition coefficient (Wildman–Crippen LogP) is 3.58. The molecule has 0 spiro atoms. The van der Waals surface area contributed by atoms with Crippen LogP contribution in [0.1, 0.15) is 11.1 Å². The summed E-state index contributed by atoms with van der Waals surface area (Å²) in [5.41, 5.74) is 6.23. The topological polar surface area (TPSA) is 76.7 Å². The molecule has 5 aromatic rings. The first-order chi connectivity index (χ1) is 13.8. The summed E-state index contributed by atoms with van der Waals surface area (Å²) >= 11 is 0. The summed E-state index contributed by atoms with van der Waals surface area (Å²) in [6.07, 6.45) is 1.80. The SMILES string of the molecule is OCc1ccc(-c2ccc3nnn(Cc4cccc5cccnc45)c3n2)cc1. The summed E-state index contributed by atoms with van der Waals surface area (Å²) in [5, 5.41) is 18.9. The van der Waals surface area contributed by atoms with Crippen molar-refractivity contribution in [1.82, 2.24) is 25.0 Å². The molecule has 0 unspecified atom stereocenters. The van der Waals surface area contributed by atoms with Crippen molar-refractivity contribution in [2.75, 3.05) is 0 Å². The van der Waals surface area contributed by atoms with Crippen molar-refractivity contribution in [3.8, 4) is 11.3 Å². The van der Waals surface area contributed by atoms with Gasteiger partial charge in [0.05, 0.1) is 24.4 Å². The van der Waals surface area contributed by atoms with Crippen molar-refractivity contribution in [2.24, 2.45) is 0 Å². The van der Waals surface area contributed by atoms with Crippen LogP contribution >= 0.6 is 0 Å². The van der Waals surface area contributed by atoms with E-state index in [0.717, 1.165) is 44.5 Å². The molecule has 0 saturated carbocycles. The maximum Gasteiger partial charge on any atom is 0.179 e. The van der Waals surface area contributed by atoms with Crippen molar-refractivity contribution >= 4 is 22.1 Å². The zero-order valence-electron chi connectivity index (χ0n) is 15.0. The van der Waals surface area contributed by atoms with Gasteiger partial charge in [0.2, 0.25) is 0 Å². The van der Waals surface area contributed by atoms with Crippen molar-refractivity contribution in [3.63, 3.8) is 0 Å². The Bertz CT molecular complexity index is 1270. The van der Waals surface area contributed by atoms with Crippen LogP contribution in [-0.2, 0) is 13.2 Å². The molecule has 0 amide bonds. The summed E-state index contributed by atoms with van der Waals surface area (Å²) in [5.74, 6) is 0. The van der Waals surface area contributed by atoms with Crippen LogP contribution in [0.5, 0.6) is 0 Å². The van der Waals surface area contributed by atoms with Crippen LogP contribution in [0.2, 0.25) is 0 Å². The Hall–Kier alpha value is -3.64. The first-order valence-corrected chi connectivity index (χ1v) is 9.05. The molecule has 0 saturated heterocycles. The molecule has 0 aliphatic rings. The Morgan fingerprint density at radius 1 is 0.893 bits per heavy atom.